The minimum absolute atomic E-state index is 0.297. The zero-order chi connectivity index (χ0) is 11.6. The van der Waals surface area contributed by atoms with E-state index in [0.29, 0.717) is 6.54 Å². The van der Waals surface area contributed by atoms with E-state index >= 15 is 0 Å². The van der Waals surface area contributed by atoms with Gasteiger partial charge in [0.25, 0.3) is 5.78 Å². The van der Waals surface area contributed by atoms with Crippen LogP contribution in [0.5, 0.6) is 0 Å². The highest BCUT2D eigenvalue weighted by molar-refractivity contribution is 5.99. The fourth-order valence-electron chi connectivity index (χ4n) is 1.01. The van der Waals surface area contributed by atoms with Crippen LogP contribution < -0.4 is 0 Å². The summed E-state index contributed by atoms with van der Waals surface area (Å²) in [6.45, 7) is 5.60. The van der Waals surface area contributed by atoms with Gasteiger partial charge in [0, 0.05) is 6.20 Å². The third-order valence-corrected chi connectivity index (χ3v) is 1.58. The van der Waals surface area contributed by atoms with Gasteiger partial charge in [-0.25, -0.2) is 0 Å². The summed E-state index contributed by atoms with van der Waals surface area (Å²) >= 11 is 0. The topological polar surface area (TPSA) is 34.9 Å². The summed E-state index contributed by atoms with van der Waals surface area (Å²) in [4.78, 5) is 10.8. The third-order valence-electron chi connectivity index (χ3n) is 1.58. The van der Waals surface area contributed by atoms with E-state index in [1.54, 1.807) is 6.92 Å². The summed E-state index contributed by atoms with van der Waals surface area (Å²) in [5, 5.41) is 3.63. The number of nitrogens with zero attached hydrogens (tertiary/aromatic N) is 2. The first-order valence-electron chi connectivity index (χ1n) is 4.09. The number of carbonyl (C=O) groups is 1. The van der Waals surface area contributed by atoms with E-state index in [-0.39, 0.29) is 0 Å². The van der Waals surface area contributed by atoms with Gasteiger partial charge in [-0.2, -0.15) is 18.3 Å². The largest absolute Gasteiger partial charge is 0.454 e. The first-order valence-corrected chi connectivity index (χ1v) is 4.09. The number of halogens is 3. The molecule has 0 aliphatic rings. The number of hydrogen-bond acceptors (Lipinski definition) is 2. The van der Waals surface area contributed by atoms with Gasteiger partial charge in [0.1, 0.15) is 0 Å². The minimum Gasteiger partial charge on any atom is -0.284 e. The van der Waals surface area contributed by atoms with Crippen LogP contribution in [0.1, 0.15) is 17.3 Å². The van der Waals surface area contributed by atoms with Crippen LogP contribution in [-0.2, 0) is 6.54 Å². The van der Waals surface area contributed by atoms with Gasteiger partial charge in [-0.15, -0.1) is 0 Å². The van der Waals surface area contributed by atoms with Crippen molar-refractivity contribution in [3.05, 3.63) is 30.1 Å². The average molecular weight is 218 g/mol. The summed E-state index contributed by atoms with van der Waals surface area (Å²) in [7, 11) is 0. The molecule has 1 aromatic heterocycles. The lowest BCUT2D eigenvalue weighted by Crippen LogP contribution is -2.22. The van der Waals surface area contributed by atoms with Gasteiger partial charge < -0.3 is 0 Å². The molecule has 0 fully saturated rings. The Kier molecular flexibility index (Phi) is 2.97. The van der Waals surface area contributed by atoms with Crippen molar-refractivity contribution in [1.29, 1.82) is 0 Å². The van der Waals surface area contributed by atoms with Crippen LogP contribution in [0.15, 0.2) is 24.5 Å². The smallest absolute Gasteiger partial charge is 0.284 e. The number of aromatic nitrogens is 2. The van der Waals surface area contributed by atoms with Gasteiger partial charge in [-0.05, 0) is 6.92 Å². The Balaban J connectivity index is 2.85. The van der Waals surface area contributed by atoms with E-state index in [1.165, 1.54) is 4.68 Å². The zero-order valence-corrected chi connectivity index (χ0v) is 8.01. The Morgan fingerprint density at radius 3 is 2.67 bits per heavy atom. The maximum atomic E-state index is 12.0. The van der Waals surface area contributed by atoms with E-state index in [2.05, 4.69) is 11.7 Å². The molecule has 15 heavy (non-hydrogen) atoms. The maximum absolute atomic E-state index is 12.0. The van der Waals surface area contributed by atoms with E-state index in [0.717, 1.165) is 18.0 Å². The molecule has 82 valence electrons. The lowest BCUT2D eigenvalue weighted by Gasteiger charge is -2.01. The molecule has 1 heterocycles. The Bertz CT molecular complexity index is 392. The quantitative estimate of drug-likeness (QED) is 0.575. The van der Waals surface area contributed by atoms with Crippen molar-refractivity contribution >= 4 is 5.78 Å². The molecule has 0 bridgehead atoms. The Morgan fingerprint density at radius 2 is 2.20 bits per heavy atom. The molecule has 0 atom stereocenters. The van der Waals surface area contributed by atoms with E-state index in [1.807, 2.05) is 0 Å². The van der Waals surface area contributed by atoms with Crippen molar-refractivity contribution in [3.8, 4) is 0 Å². The van der Waals surface area contributed by atoms with Crippen LogP contribution >= 0.6 is 0 Å². The minimum atomic E-state index is -4.85. The number of allylic oxidation sites excluding steroid dienone is 1. The Labute approximate surface area is 84.2 Å². The molecule has 0 unspecified atom stereocenters. The number of hydrogen-bond donors (Lipinski definition) is 0. The first kappa shape index (κ1) is 11.5. The molecule has 0 saturated heterocycles. The molecule has 0 amide bonds. The molecule has 0 aromatic carbocycles. The number of rotatable bonds is 3. The van der Waals surface area contributed by atoms with Gasteiger partial charge in [0.2, 0.25) is 0 Å². The summed E-state index contributed by atoms with van der Waals surface area (Å²) in [5.74, 6) is -1.88. The van der Waals surface area contributed by atoms with E-state index in [4.69, 9.17) is 0 Å². The number of ketones is 1. The molecule has 3 nitrogen and oxygen atoms in total. The van der Waals surface area contributed by atoms with Crippen molar-refractivity contribution < 1.29 is 18.0 Å². The Morgan fingerprint density at radius 1 is 1.60 bits per heavy atom. The molecule has 1 aromatic rings. The molecule has 0 N–H and O–H groups in total. The van der Waals surface area contributed by atoms with Crippen molar-refractivity contribution in [2.75, 3.05) is 0 Å². The van der Waals surface area contributed by atoms with Gasteiger partial charge in [0.15, 0.2) is 0 Å². The predicted octanol–water partition coefficient (Wildman–Crippen LogP) is 2.20. The molecule has 0 aliphatic heterocycles. The lowest BCUT2D eigenvalue weighted by molar-refractivity contribution is -0.0885. The van der Waals surface area contributed by atoms with E-state index < -0.39 is 17.5 Å². The molecule has 0 spiro atoms. The van der Waals surface area contributed by atoms with Crippen LogP contribution in [0.3, 0.4) is 0 Å². The van der Waals surface area contributed by atoms with Crippen LogP contribution in [-0.4, -0.2) is 21.7 Å². The van der Waals surface area contributed by atoms with Crippen molar-refractivity contribution in [2.24, 2.45) is 0 Å². The second kappa shape index (κ2) is 3.88. The van der Waals surface area contributed by atoms with Gasteiger partial charge >= 0.3 is 6.18 Å². The molecular weight excluding hydrogens is 209 g/mol. The highest BCUT2D eigenvalue weighted by atomic mass is 19.4. The number of Topliss-reactive ketones (excluding diaryl/α,β-unsaturated/α-hetero) is 1. The first-order chi connectivity index (χ1) is 6.80. The molecular formula is C9H9F3N2O. The standard InChI is InChI=1S/C9H9F3N2O/c1-6(2)4-14-5-7(3-13-14)8(15)9(10,11)12/h3,5H,1,4H2,2H3. The van der Waals surface area contributed by atoms with Gasteiger partial charge in [-0.3, -0.25) is 9.48 Å². The maximum Gasteiger partial charge on any atom is 0.454 e. The predicted molar refractivity (Wildman–Crippen MR) is 47.4 cm³/mol. The average Bonchev–Trinajstić information content (AvgIpc) is 2.48. The fraction of sp³-hybridized carbons (Fsp3) is 0.333. The van der Waals surface area contributed by atoms with Crippen LogP contribution in [0.25, 0.3) is 0 Å². The highest BCUT2D eigenvalue weighted by Gasteiger charge is 2.39. The molecule has 6 heteroatoms. The highest BCUT2D eigenvalue weighted by Crippen LogP contribution is 2.20. The van der Waals surface area contributed by atoms with Crippen molar-refractivity contribution in [3.63, 3.8) is 0 Å². The van der Waals surface area contributed by atoms with E-state index in [9.17, 15) is 18.0 Å². The SMILES string of the molecule is C=C(C)Cn1cc(C(=O)C(F)(F)F)cn1. The molecule has 0 radical (unpaired) electrons. The molecule has 0 saturated carbocycles. The number of alkyl halides is 3. The second-order valence-corrected chi connectivity index (χ2v) is 3.21. The van der Waals surface area contributed by atoms with Crippen LogP contribution in [0.2, 0.25) is 0 Å². The third kappa shape index (κ3) is 2.93. The summed E-state index contributed by atoms with van der Waals surface area (Å²) in [6.07, 6.45) is -2.89. The normalized spacial score (nSPS) is 11.5. The molecule has 0 aliphatic carbocycles. The van der Waals surface area contributed by atoms with Crippen molar-refractivity contribution in [1.82, 2.24) is 9.78 Å². The van der Waals surface area contributed by atoms with Crippen LogP contribution in [0, 0.1) is 0 Å². The lowest BCUT2D eigenvalue weighted by atomic mass is 10.2. The molecule has 1 rings (SSSR count). The summed E-state index contributed by atoms with van der Waals surface area (Å²) in [5.41, 5.74) is 0.285. The summed E-state index contributed by atoms with van der Waals surface area (Å²) < 4.78 is 37.2. The summed E-state index contributed by atoms with van der Waals surface area (Å²) in [6, 6.07) is 0. The monoisotopic (exact) mass is 218 g/mol. The zero-order valence-electron chi connectivity index (χ0n) is 8.01. The van der Waals surface area contributed by atoms with Crippen molar-refractivity contribution in [2.45, 2.75) is 19.6 Å². The van der Waals surface area contributed by atoms with Gasteiger partial charge in [0.05, 0.1) is 18.3 Å². The second-order valence-electron chi connectivity index (χ2n) is 3.21. The van der Waals surface area contributed by atoms with Crippen LogP contribution in [0.4, 0.5) is 13.2 Å². The number of carbonyl (C=O) groups excluding carboxylic acids is 1. The fourth-order valence-corrected chi connectivity index (χ4v) is 1.01. The Hall–Kier alpha value is -1.59. The van der Waals surface area contributed by atoms with Gasteiger partial charge in [-0.1, -0.05) is 12.2 Å².